The first-order chi connectivity index (χ1) is 3.97. The molecule has 0 aliphatic carbocycles. The normalized spacial score (nSPS) is 31.5. The van der Waals surface area contributed by atoms with Crippen LogP contribution < -0.4 is 0 Å². The molecule has 0 saturated carbocycles. The Morgan fingerprint density at radius 2 is 2.25 bits per heavy atom. The van der Waals surface area contributed by atoms with Crippen LogP contribution in [0.3, 0.4) is 0 Å². The summed E-state index contributed by atoms with van der Waals surface area (Å²) in [6.45, 7) is 5.42. The molecule has 2 rings (SSSR count). The second-order valence-corrected chi connectivity index (χ2v) is 2.40. The van der Waals surface area contributed by atoms with Crippen LogP contribution in [-0.4, -0.2) is 30.7 Å². The summed E-state index contributed by atoms with van der Waals surface area (Å²) >= 11 is 0. The summed E-state index contributed by atoms with van der Waals surface area (Å²) in [6.07, 6.45) is 1.27. The lowest BCUT2D eigenvalue weighted by atomic mass is 10.1. The lowest BCUT2D eigenvalue weighted by molar-refractivity contribution is -0.0695. The summed E-state index contributed by atoms with van der Waals surface area (Å²) in [6, 6.07) is 0.740. The van der Waals surface area contributed by atoms with E-state index in [-0.39, 0.29) is 0 Å². The topological polar surface area (TPSA) is 12.5 Å². The first-order valence-corrected chi connectivity index (χ1v) is 3.13. The Bertz CT molecular complexity index is 74.5. The fourth-order valence-electron chi connectivity index (χ4n) is 1.02. The van der Waals surface area contributed by atoms with Gasteiger partial charge < -0.3 is 4.74 Å². The van der Waals surface area contributed by atoms with Gasteiger partial charge in [0.15, 0.2) is 0 Å². The van der Waals surface area contributed by atoms with Crippen LogP contribution in [0.1, 0.15) is 6.42 Å². The van der Waals surface area contributed by atoms with E-state index >= 15 is 0 Å². The van der Waals surface area contributed by atoms with Crippen LogP contribution in [0.25, 0.3) is 0 Å². The van der Waals surface area contributed by atoms with Gasteiger partial charge in [0.05, 0.1) is 19.3 Å². The van der Waals surface area contributed by atoms with Crippen molar-refractivity contribution in [3.63, 3.8) is 0 Å². The van der Waals surface area contributed by atoms with E-state index in [0.29, 0.717) is 0 Å². The molecule has 0 bridgehead atoms. The Hall–Kier alpha value is -0.0800. The largest absolute Gasteiger partial charge is 0.378 e. The smallest absolute Gasteiger partial charge is 0.0645 e. The summed E-state index contributed by atoms with van der Waals surface area (Å²) in [4.78, 5) is 2.36. The van der Waals surface area contributed by atoms with Gasteiger partial charge in [-0.05, 0) is 6.42 Å². The number of likely N-dealkylation sites (tertiary alicyclic amines) is 1. The van der Waals surface area contributed by atoms with Gasteiger partial charge in [0.2, 0.25) is 0 Å². The predicted octanol–water partition coefficient (Wildman–Crippen LogP) is 0.253. The van der Waals surface area contributed by atoms with Gasteiger partial charge in [-0.1, -0.05) is 0 Å². The highest BCUT2D eigenvalue weighted by molar-refractivity contribution is 4.89. The maximum atomic E-state index is 5.03. The summed E-state index contributed by atoms with van der Waals surface area (Å²) < 4.78 is 5.03. The number of ether oxygens (including phenoxy) is 1. The summed E-state index contributed by atoms with van der Waals surface area (Å²) in [7, 11) is 0. The molecule has 0 atom stereocenters. The molecule has 0 aromatic carbocycles. The van der Waals surface area contributed by atoms with Gasteiger partial charge in [0.25, 0.3) is 0 Å². The number of hydrogen-bond donors (Lipinski definition) is 0. The van der Waals surface area contributed by atoms with Crippen LogP contribution in [0.5, 0.6) is 0 Å². The molecule has 2 saturated heterocycles. The Morgan fingerprint density at radius 1 is 1.50 bits per heavy atom. The first kappa shape index (κ1) is 4.77. The van der Waals surface area contributed by atoms with Crippen LogP contribution in [0.4, 0.5) is 0 Å². The minimum Gasteiger partial charge on any atom is -0.378 e. The molecule has 1 radical (unpaired) electrons. The monoisotopic (exact) mass is 112 g/mol. The van der Waals surface area contributed by atoms with Crippen molar-refractivity contribution in [3.05, 3.63) is 6.54 Å². The molecule has 0 amide bonds. The van der Waals surface area contributed by atoms with Crippen molar-refractivity contribution in [2.24, 2.45) is 0 Å². The SMILES string of the molecule is [CH]1CCN1C1COC1. The first-order valence-electron chi connectivity index (χ1n) is 3.13. The van der Waals surface area contributed by atoms with E-state index in [1.165, 1.54) is 13.0 Å². The lowest BCUT2D eigenvalue weighted by Gasteiger charge is -2.42. The second-order valence-electron chi connectivity index (χ2n) is 2.40. The van der Waals surface area contributed by atoms with Crippen molar-refractivity contribution in [3.8, 4) is 0 Å². The third kappa shape index (κ3) is 0.565. The van der Waals surface area contributed by atoms with Crippen molar-refractivity contribution in [2.75, 3.05) is 19.8 Å². The summed E-state index contributed by atoms with van der Waals surface area (Å²) in [5.74, 6) is 0. The van der Waals surface area contributed by atoms with E-state index in [1.807, 2.05) is 0 Å². The molecule has 0 spiro atoms. The molecule has 2 heterocycles. The van der Waals surface area contributed by atoms with Gasteiger partial charge >= 0.3 is 0 Å². The van der Waals surface area contributed by atoms with Gasteiger partial charge in [-0.2, -0.15) is 0 Å². The van der Waals surface area contributed by atoms with Gasteiger partial charge in [-0.15, -0.1) is 0 Å². The lowest BCUT2D eigenvalue weighted by Crippen LogP contribution is -2.52. The van der Waals surface area contributed by atoms with Crippen LogP contribution >= 0.6 is 0 Å². The molecule has 8 heavy (non-hydrogen) atoms. The predicted molar refractivity (Wildman–Crippen MR) is 30.2 cm³/mol. The van der Waals surface area contributed by atoms with E-state index in [9.17, 15) is 0 Å². The van der Waals surface area contributed by atoms with Crippen LogP contribution in [-0.2, 0) is 4.74 Å². The zero-order valence-electron chi connectivity index (χ0n) is 4.84. The Balaban J connectivity index is 1.79. The van der Waals surface area contributed by atoms with E-state index in [4.69, 9.17) is 4.74 Å². The highest BCUT2D eigenvalue weighted by Gasteiger charge is 2.29. The molecule has 45 valence electrons. The zero-order valence-corrected chi connectivity index (χ0v) is 4.84. The fraction of sp³-hybridized carbons (Fsp3) is 0.833. The molecule has 2 aliphatic heterocycles. The third-order valence-corrected chi connectivity index (χ3v) is 1.84. The Morgan fingerprint density at radius 3 is 2.38 bits per heavy atom. The fourth-order valence-corrected chi connectivity index (χ4v) is 1.02. The van der Waals surface area contributed by atoms with Crippen LogP contribution in [0, 0.1) is 6.54 Å². The summed E-state index contributed by atoms with van der Waals surface area (Å²) in [5, 5.41) is 0. The minimum absolute atomic E-state index is 0.740. The van der Waals surface area contributed by atoms with Crippen LogP contribution in [0.15, 0.2) is 0 Å². The van der Waals surface area contributed by atoms with E-state index in [1.54, 1.807) is 0 Å². The highest BCUT2D eigenvalue weighted by atomic mass is 16.5. The molecule has 2 aliphatic rings. The molecule has 0 N–H and O–H groups in total. The molecule has 2 heteroatoms. The number of rotatable bonds is 1. The average molecular weight is 112 g/mol. The minimum atomic E-state index is 0.740. The van der Waals surface area contributed by atoms with E-state index < -0.39 is 0 Å². The third-order valence-electron chi connectivity index (χ3n) is 1.84. The van der Waals surface area contributed by atoms with Crippen molar-refractivity contribution < 1.29 is 4.74 Å². The molecular formula is C6H10NO. The highest BCUT2D eigenvalue weighted by Crippen LogP contribution is 2.20. The quantitative estimate of drug-likeness (QED) is 0.482. The van der Waals surface area contributed by atoms with Crippen molar-refractivity contribution in [1.29, 1.82) is 0 Å². The number of nitrogens with zero attached hydrogens (tertiary/aromatic N) is 1. The Kier molecular flexibility index (Phi) is 1.02. The van der Waals surface area contributed by atoms with Crippen molar-refractivity contribution >= 4 is 0 Å². The summed E-state index contributed by atoms with van der Waals surface area (Å²) in [5.41, 5.74) is 0. The average Bonchev–Trinajstić information content (AvgIpc) is 1.47. The van der Waals surface area contributed by atoms with Crippen molar-refractivity contribution in [1.82, 2.24) is 4.90 Å². The second kappa shape index (κ2) is 1.71. The van der Waals surface area contributed by atoms with Crippen molar-refractivity contribution in [2.45, 2.75) is 12.5 Å². The molecule has 0 aromatic heterocycles. The van der Waals surface area contributed by atoms with Gasteiger partial charge in [0, 0.05) is 13.1 Å². The van der Waals surface area contributed by atoms with E-state index in [0.717, 1.165) is 19.3 Å². The maximum absolute atomic E-state index is 5.03. The van der Waals surface area contributed by atoms with E-state index in [2.05, 4.69) is 11.4 Å². The van der Waals surface area contributed by atoms with Gasteiger partial charge in [-0.3, -0.25) is 4.90 Å². The molecule has 0 aromatic rings. The number of hydrogen-bond acceptors (Lipinski definition) is 2. The Labute approximate surface area is 49.4 Å². The molecule has 0 unspecified atom stereocenters. The molecular weight excluding hydrogens is 102 g/mol. The van der Waals surface area contributed by atoms with Gasteiger partial charge in [0.1, 0.15) is 0 Å². The molecule has 2 fully saturated rings. The standard InChI is InChI=1S/C6H10NO/c1-2-7(3-1)6-4-8-5-6/h2,6H,1,3-5H2. The maximum Gasteiger partial charge on any atom is 0.0645 e. The zero-order chi connectivity index (χ0) is 5.40. The van der Waals surface area contributed by atoms with Crippen LogP contribution in [0.2, 0.25) is 0 Å². The van der Waals surface area contributed by atoms with Gasteiger partial charge in [-0.25, -0.2) is 0 Å². The molecule has 2 nitrogen and oxygen atoms in total.